The van der Waals surface area contributed by atoms with Crippen molar-refractivity contribution in [2.24, 2.45) is 0 Å². The van der Waals surface area contributed by atoms with E-state index >= 15 is 0 Å². The molecule has 3 heteroatoms. The van der Waals surface area contributed by atoms with Gasteiger partial charge < -0.3 is 9.22 Å². The Bertz CT molecular complexity index is 272. The Balaban J connectivity index is 3.37. The van der Waals surface area contributed by atoms with Gasteiger partial charge in [0.25, 0.3) is 0 Å². The Morgan fingerprint density at radius 1 is 1.05 bits per heavy atom. The van der Waals surface area contributed by atoms with Crippen LogP contribution in [0.5, 0.6) is 0 Å². The maximum atomic E-state index is 11.1. The van der Waals surface area contributed by atoms with E-state index in [-0.39, 0.29) is 5.97 Å². The number of carbonyl (C=O) groups is 1. The lowest BCUT2D eigenvalue weighted by molar-refractivity contribution is -0.890. The number of esters is 1. The lowest BCUT2D eigenvalue weighted by Crippen LogP contribution is -2.40. The fourth-order valence-electron chi connectivity index (χ4n) is 2.18. The Kier molecular flexibility index (Phi) is 9.58. The third-order valence-electron chi connectivity index (χ3n) is 3.32. The van der Waals surface area contributed by atoms with E-state index in [0.29, 0.717) is 12.2 Å². The minimum atomic E-state index is -0.265. The fourth-order valence-corrected chi connectivity index (χ4v) is 2.18. The van der Waals surface area contributed by atoms with Gasteiger partial charge in [0.1, 0.15) is 0 Å². The van der Waals surface area contributed by atoms with Gasteiger partial charge in [-0.1, -0.05) is 26.3 Å². The van der Waals surface area contributed by atoms with Crippen LogP contribution in [-0.2, 0) is 9.53 Å². The summed E-state index contributed by atoms with van der Waals surface area (Å²) in [5, 5.41) is 0. The summed E-state index contributed by atoms with van der Waals surface area (Å²) < 4.78 is 6.19. The molecule has 0 heterocycles. The lowest BCUT2D eigenvalue weighted by Gasteiger charge is -2.29. The van der Waals surface area contributed by atoms with Gasteiger partial charge in [0.2, 0.25) is 0 Å². The fraction of sp³-hybridized carbons (Fsp3) is 0.812. The molecule has 0 saturated carbocycles. The zero-order valence-corrected chi connectivity index (χ0v) is 13.3. The van der Waals surface area contributed by atoms with E-state index in [0.717, 1.165) is 17.3 Å². The third kappa shape index (κ3) is 10.8. The molecule has 19 heavy (non-hydrogen) atoms. The summed E-state index contributed by atoms with van der Waals surface area (Å²) in [6.07, 6.45) is 7.16. The van der Waals surface area contributed by atoms with Crippen LogP contribution in [0.3, 0.4) is 0 Å². The first-order valence-electron chi connectivity index (χ1n) is 7.53. The lowest BCUT2D eigenvalue weighted by atomic mass is 10.1. The molecule has 0 fully saturated rings. The van der Waals surface area contributed by atoms with Gasteiger partial charge in [-0.05, 0) is 32.6 Å². The first kappa shape index (κ1) is 18.2. The van der Waals surface area contributed by atoms with Crippen LogP contribution in [0.4, 0.5) is 0 Å². The van der Waals surface area contributed by atoms with E-state index in [1.54, 1.807) is 6.92 Å². The summed E-state index contributed by atoms with van der Waals surface area (Å²) >= 11 is 0. The minimum absolute atomic E-state index is 0.265. The number of carbonyl (C=O) groups excluding carboxylic acids is 1. The van der Waals surface area contributed by atoms with Crippen LogP contribution in [0.2, 0.25) is 0 Å². The summed E-state index contributed by atoms with van der Waals surface area (Å²) in [7, 11) is 4.61. The molecule has 0 atom stereocenters. The molecule has 3 nitrogen and oxygen atoms in total. The summed E-state index contributed by atoms with van der Waals surface area (Å²) in [5.74, 6) is -0.265. The maximum absolute atomic E-state index is 11.1. The van der Waals surface area contributed by atoms with Crippen molar-refractivity contribution in [2.45, 2.75) is 52.4 Å². The van der Waals surface area contributed by atoms with Gasteiger partial charge >= 0.3 is 5.97 Å². The molecule has 0 rings (SSSR count). The first-order chi connectivity index (χ1) is 8.89. The van der Waals surface area contributed by atoms with Gasteiger partial charge in [0, 0.05) is 5.57 Å². The van der Waals surface area contributed by atoms with Crippen molar-refractivity contribution in [1.29, 1.82) is 0 Å². The molecular weight excluding hydrogens is 238 g/mol. The normalized spacial score (nSPS) is 11.4. The van der Waals surface area contributed by atoms with Crippen molar-refractivity contribution in [3.8, 4) is 0 Å². The van der Waals surface area contributed by atoms with E-state index in [9.17, 15) is 4.79 Å². The number of hydrogen-bond acceptors (Lipinski definition) is 2. The van der Waals surface area contributed by atoms with Gasteiger partial charge in [-0.3, -0.25) is 0 Å². The smallest absolute Gasteiger partial charge is 0.333 e. The molecule has 0 aromatic heterocycles. The number of quaternary nitrogens is 1. The van der Waals surface area contributed by atoms with E-state index in [2.05, 4.69) is 27.6 Å². The molecule has 0 N–H and O–H groups in total. The second-order valence-corrected chi connectivity index (χ2v) is 6.07. The molecule has 0 radical (unpaired) electrons. The largest absolute Gasteiger partial charge is 0.462 e. The monoisotopic (exact) mass is 270 g/mol. The van der Waals surface area contributed by atoms with Gasteiger partial charge in [0.15, 0.2) is 0 Å². The van der Waals surface area contributed by atoms with E-state index in [4.69, 9.17) is 4.74 Å². The van der Waals surface area contributed by atoms with Gasteiger partial charge in [0.05, 0.1) is 33.8 Å². The standard InChI is InChI=1S/C16H32NO2/c1-6-12-17(4,5)13-10-8-7-9-11-14-19-16(18)15(2)3/h2,6-14H2,1,3-5H3/q+1. The highest BCUT2D eigenvalue weighted by atomic mass is 16.5. The molecule has 0 aliphatic heterocycles. The first-order valence-corrected chi connectivity index (χ1v) is 7.53. The minimum Gasteiger partial charge on any atom is -0.462 e. The van der Waals surface area contributed by atoms with Gasteiger partial charge in [-0.25, -0.2) is 4.79 Å². The Hall–Kier alpha value is -0.830. The summed E-state index contributed by atoms with van der Waals surface area (Å²) in [5.41, 5.74) is 0.482. The van der Waals surface area contributed by atoms with Crippen LogP contribution in [0.1, 0.15) is 52.4 Å². The Morgan fingerprint density at radius 2 is 1.63 bits per heavy atom. The molecular formula is C16H32NO2+. The van der Waals surface area contributed by atoms with Gasteiger partial charge in [-0.2, -0.15) is 0 Å². The molecule has 0 bridgehead atoms. The molecule has 0 amide bonds. The van der Waals surface area contributed by atoms with Crippen LogP contribution in [-0.4, -0.2) is 44.2 Å². The number of ether oxygens (including phenoxy) is 1. The van der Waals surface area contributed by atoms with Crippen LogP contribution in [0.25, 0.3) is 0 Å². The average Bonchev–Trinajstić information content (AvgIpc) is 2.31. The van der Waals surface area contributed by atoms with Crippen molar-refractivity contribution in [1.82, 2.24) is 0 Å². The molecule has 0 aromatic carbocycles. The van der Waals surface area contributed by atoms with Crippen molar-refractivity contribution >= 4 is 5.97 Å². The highest BCUT2D eigenvalue weighted by Gasteiger charge is 2.11. The molecule has 0 saturated heterocycles. The maximum Gasteiger partial charge on any atom is 0.333 e. The van der Waals surface area contributed by atoms with Crippen LogP contribution >= 0.6 is 0 Å². The number of nitrogens with zero attached hydrogens (tertiary/aromatic N) is 1. The number of unbranched alkanes of at least 4 members (excludes halogenated alkanes) is 4. The van der Waals surface area contributed by atoms with Crippen LogP contribution in [0, 0.1) is 0 Å². The molecule has 0 aliphatic rings. The van der Waals surface area contributed by atoms with Crippen LogP contribution in [0.15, 0.2) is 12.2 Å². The zero-order valence-electron chi connectivity index (χ0n) is 13.3. The zero-order chi connectivity index (χ0) is 14.7. The second-order valence-electron chi connectivity index (χ2n) is 6.07. The van der Waals surface area contributed by atoms with Crippen molar-refractivity contribution < 1.29 is 14.0 Å². The Morgan fingerprint density at radius 3 is 2.21 bits per heavy atom. The molecule has 0 aliphatic carbocycles. The summed E-state index contributed by atoms with van der Waals surface area (Å²) in [6.45, 7) is 10.5. The van der Waals surface area contributed by atoms with Crippen LogP contribution < -0.4 is 0 Å². The number of rotatable bonds is 11. The van der Waals surface area contributed by atoms with E-state index in [1.807, 2.05) is 0 Å². The highest BCUT2D eigenvalue weighted by molar-refractivity contribution is 5.86. The average molecular weight is 270 g/mol. The van der Waals surface area contributed by atoms with E-state index in [1.165, 1.54) is 38.8 Å². The van der Waals surface area contributed by atoms with E-state index < -0.39 is 0 Å². The third-order valence-corrected chi connectivity index (χ3v) is 3.32. The summed E-state index contributed by atoms with van der Waals surface area (Å²) in [4.78, 5) is 11.1. The van der Waals surface area contributed by atoms with Crippen molar-refractivity contribution in [3.05, 3.63) is 12.2 Å². The molecule has 112 valence electrons. The van der Waals surface area contributed by atoms with Crippen molar-refractivity contribution in [2.75, 3.05) is 33.8 Å². The predicted octanol–water partition coefficient (Wildman–Crippen LogP) is 3.54. The molecule has 0 unspecified atom stereocenters. The quantitative estimate of drug-likeness (QED) is 0.248. The SMILES string of the molecule is C=C(C)C(=O)OCCCCCCC[N+](C)(C)CCC. The predicted molar refractivity (Wildman–Crippen MR) is 81.0 cm³/mol. The summed E-state index contributed by atoms with van der Waals surface area (Å²) in [6, 6.07) is 0. The second kappa shape index (κ2) is 10.0. The molecule has 0 spiro atoms. The van der Waals surface area contributed by atoms with Crippen molar-refractivity contribution in [3.63, 3.8) is 0 Å². The molecule has 0 aromatic rings. The highest BCUT2D eigenvalue weighted by Crippen LogP contribution is 2.08. The number of hydrogen-bond donors (Lipinski definition) is 0. The topological polar surface area (TPSA) is 26.3 Å². The van der Waals surface area contributed by atoms with Gasteiger partial charge in [-0.15, -0.1) is 0 Å². The Labute approximate surface area is 119 Å².